The average molecular weight is 222 g/mol. The van der Waals surface area contributed by atoms with Gasteiger partial charge in [0.1, 0.15) is 6.54 Å². The number of hydrogen-bond acceptors (Lipinski definition) is 5. The molecule has 0 saturated carbocycles. The van der Waals surface area contributed by atoms with E-state index in [-0.39, 0.29) is 12.5 Å². The molecule has 0 bridgehead atoms. The zero-order chi connectivity index (χ0) is 11.4. The normalized spacial score (nSPS) is 15.2. The van der Waals surface area contributed by atoms with E-state index in [0.29, 0.717) is 19.1 Å². The van der Waals surface area contributed by atoms with Gasteiger partial charge >= 0.3 is 0 Å². The second kappa shape index (κ2) is 4.89. The molecule has 1 fully saturated rings. The van der Waals surface area contributed by atoms with E-state index < -0.39 is 0 Å². The maximum absolute atomic E-state index is 11.7. The minimum Gasteiger partial charge on any atom is -0.334 e. The summed E-state index contributed by atoms with van der Waals surface area (Å²) in [5.74, 6) is 0.475. The van der Waals surface area contributed by atoms with Crippen molar-refractivity contribution in [2.75, 3.05) is 31.6 Å². The smallest absolute Gasteiger partial charge is 0.265 e. The van der Waals surface area contributed by atoms with Crippen molar-refractivity contribution in [2.45, 2.75) is 6.42 Å². The number of rotatable bonds is 3. The van der Waals surface area contributed by atoms with Crippen molar-refractivity contribution < 1.29 is 9.63 Å². The summed E-state index contributed by atoms with van der Waals surface area (Å²) >= 11 is 0. The number of likely N-dealkylation sites (N-methyl/N-ethyl adjacent to an activating group) is 1. The van der Waals surface area contributed by atoms with Gasteiger partial charge in [-0.25, -0.2) is 15.0 Å². The fourth-order valence-corrected chi connectivity index (χ4v) is 1.48. The maximum Gasteiger partial charge on any atom is 0.265 e. The molecule has 0 N–H and O–H groups in total. The molecule has 6 nitrogen and oxygen atoms in total. The molecule has 1 aromatic rings. The van der Waals surface area contributed by atoms with Crippen LogP contribution in [0.5, 0.6) is 0 Å². The van der Waals surface area contributed by atoms with Crippen LogP contribution < -0.4 is 4.90 Å². The SMILES string of the molecule is CN(CC(=O)N1CCCO1)c1ncccn1. The summed E-state index contributed by atoms with van der Waals surface area (Å²) < 4.78 is 0. The van der Waals surface area contributed by atoms with Gasteiger partial charge in [-0.15, -0.1) is 0 Å². The van der Waals surface area contributed by atoms with E-state index in [9.17, 15) is 4.79 Å². The second-order valence-corrected chi connectivity index (χ2v) is 3.59. The first kappa shape index (κ1) is 10.8. The van der Waals surface area contributed by atoms with E-state index in [1.165, 1.54) is 5.06 Å². The summed E-state index contributed by atoms with van der Waals surface area (Å²) in [5.41, 5.74) is 0. The summed E-state index contributed by atoms with van der Waals surface area (Å²) in [6.07, 6.45) is 4.20. The van der Waals surface area contributed by atoms with Gasteiger partial charge < -0.3 is 4.90 Å². The van der Waals surface area contributed by atoms with Gasteiger partial charge in [-0.2, -0.15) is 0 Å². The Morgan fingerprint density at radius 3 is 2.94 bits per heavy atom. The topological polar surface area (TPSA) is 58.6 Å². The van der Waals surface area contributed by atoms with E-state index in [1.54, 1.807) is 30.4 Å². The van der Waals surface area contributed by atoms with E-state index in [2.05, 4.69) is 9.97 Å². The van der Waals surface area contributed by atoms with Crippen molar-refractivity contribution in [2.24, 2.45) is 0 Å². The third-order valence-electron chi connectivity index (χ3n) is 2.30. The predicted octanol–water partition coefficient (Wildman–Crippen LogP) is 0.0767. The lowest BCUT2D eigenvalue weighted by atomic mass is 10.4. The summed E-state index contributed by atoms with van der Waals surface area (Å²) in [7, 11) is 1.78. The first-order chi connectivity index (χ1) is 7.77. The standard InChI is InChI=1S/C10H14N4O2/c1-13(10-11-4-2-5-12-10)8-9(15)14-6-3-7-16-14/h2,4-5H,3,6-8H2,1H3. The van der Waals surface area contributed by atoms with Crippen LogP contribution in [0.2, 0.25) is 0 Å². The number of carbonyl (C=O) groups is 1. The number of carbonyl (C=O) groups excluding carboxylic acids is 1. The predicted molar refractivity (Wildman–Crippen MR) is 57.6 cm³/mol. The lowest BCUT2D eigenvalue weighted by molar-refractivity contribution is -0.166. The highest BCUT2D eigenvalue weighted by atomic mass is 16.7. The Morgan fingerprint density at radius 1 is 1.56 bits per heavy atom. The van der Waals surface area contributed by atoms with Crippen LogP contribution in [0.1, 0.15) is 6.42 Å². The minimum atomic E-state index is -0.0625. The largest absolute Gasteiger partial charge is 0.334 e. The molecule has 1 aromatic heterocycles. The van der Waals surface area contributed by atoms with Crippen molar-refractivity contribution in [3.05, 3.63) is 18.5 Å². The molecule has 0 spiro atoms. The number of nitrogens with zero attached hydrogens (tertiary/aromatic N) is 4. The van der Waals surface area contributed by atoms with Crippen LogP contribution in [0.25, 0.3) is 0 Å². The van der Waals surface area contributed by atoms with E-state index >= 15 is 0 Å². The molecule has 1 aliphatic rings. The molecule has 2 rings (SSSR count). The van der Waals surface area contributed by atoms with Gasteiger partial charge in [0.15, 0.2) is 0 Å². The average Bonchev–Trinajstić information content (AvgIpc) is 2.83. The van der Waals surface area contributed by atoms with Crippen LogP contribution in [0.3, 0.4) is 0 Å². The fourth-order valence-electron chi connectivity index (χ4n) is 1.48. The van der Waals surface area contributed by atoms with Crippen molar-refractivity contribution in [1.29, 1.82) is 0 Å². The summed E-state index contributed by atoms with van der Waals surface area (Å²) in [5, 5.41) is 1.40. The molecule has 1 saturated heterocycles. The Hall–Kier alpha value is -1.69. The molecule has 0 unspecified atom stereocenters. The maximum atomic E-state index is 11.7. The Kier molecular flexibility index (Phi) is 3.31. The highest BCUT2D eigenvalue weighted by molar-refractivity contribution is 5.79. The number of anilines is 1. The van der Waals surface area contributed by atoms with Gasteiger partial charge in [-0.3, -0.25) is 9.63 Å². The first-order valence-corrected chi connectivity index (χ1v) is 5.19. The van der Waals surface area contributed by atoms with Crippen LogP contribution in [0.15, 0.2) is 18.5 Å². The van der Waals surface area contributed by atoms with Gasteiger partial charge in [0.05, 0.1) is 13.2 Å². The van der Waals surface area contributed by atoms with Crippen LogP contribution in [-0.4, -0.2) is 47.7 Å². The lowest BCUT2D eigenvalue weighted by Crippen LogP contribution is -2.37. The highest BCUT2D eigenvalue weighted by Gasteiger charge is 2.21. The molecular formula is C10H14N4O2. The van der Waals surface area contributed by atoms with Gasteiger partial charge in [0.2, 0.25) is 5.95 Å². The van der Waals surface area contributed by atoms with Gasteiger partial charge in [-0.05, 0) is 12.5 Å². The molecule has 86 valence electrons. The first-order valence-electron chi connectivity index (χ1n) is 5.19. The fraction of sp³-hybridized carbons (Fsp3) is 0.500. The lowest BCUT2D eigenvalue weighted by Gasteiger charge is -2.19. The Bertz CT molecular complexity index is 351. The van der Waals surface area contributed by atoms with Crippen LogP contribution >= 0.6 is 0 Å². The van der Waals surface area contributed by atoms with E-state index in [0.717, 1.165) is 6.42 Å². The summed E-state index contributed by atoms with van der Waals surface area (Å²) in [6.45, 7) is 1.52. The van der Waals surface area contributed by atoms with Crippen LogP contribution in [-0.2, 0) is 9.63 Å². The Balaban J connectivity index is 1.92. The van der Waals surface area contributed by atoms with Crippen LogP contribution in [0.4, 0.5) is 5.95 Å². The molecule has 6 heteroatoms. The number of hydrogen-bond donors (Lipinski definition) is 0. The summed E-state index contributed by atoms with van der Waals surface area (Å²) in [6, 6.07) is 1.74. The second-order valence-electron chi connectivity index (χ2n) is 3.59. The molecular weight excluding hydrogens is 208 g/mol. The highest BCUT2D eigenvalue weighted by Crippen LogP contribution is 2.07. The number of amides is 1. The molecule has 1 amide bonds. The monoisotopic (exact) mass is 222 g/mol. The van der Waals surface area contributed by atoms with E-state index in [4.69, 9.17) is 4.84 Å². The molecule has 0 aromatic carbocycles. The quantitative estimate of drug-likeness (QED) is 0.724. The zero-order valence-electron chi connectivity index (χ0n) is 9.17. The molecule has 0 atom stereocenters. The Morgan fingerprint density at radius 2 is 2.31 bits per heavy atom. The number of aromatic nitrogens is 2. The molecule has 16 heavy (non-hydrogen) atoms. The van der Waals surface area contributed by atoms with Gasteiger partial charge in [0.25, 0.3) is 5.91 Å². The Labute approximate surface area is 93.8 Å². The van der Waals surface area contributed by atoms with Crippen molar-refractivity contribution >= 4 is 11.9 Å². The number of hydroxylamine groups is 2. The minimum absolute atomic E-state index is 0.0625. The van der Waals surface area contributed by atoms with Crippen molar-refractivity contribution in [3.8, 4) is 0 Å². The molecule has 2 heterocycles. The molecule has 0 radical (unpaired) electrons. The van der Waals surface area contributed by atoms with Crippen LogP contribution in [0, 0.1) is 0 Å². The zero-order valence-corrected chi connectivity index (χ0v) is 9.17. The molecule has 1 aliphatic heterocycles. The summed E-state index contributed by atoms with van der Waals surface area (Å²) in [4.78, 5) is 26.7. The third-order valence-corrected chi connectivity index (χ3v) is 2.30. The molecule has 0 aliphatic carbocycles. The van der Waals surface area contributed by atoms with E-state index in [1.807, 2.05) is 0 Å². The van der Waals surface area contributed by atoms with Crippen molar-refractivity contribution in [1.82, 2.24) is 15.0 Å². The van der Waals surface area contributed by atoms with Crippen molar-refractivity contribution in [3.63, 3.8) is 0 Å². The van der Waals surface area contributed by atoms with Gasteiger partial charge in [-0.1, -0.05) is 0 Å². The van der Waals surface area contributed by atoms with Gasteiger partial charge in [0, 0.05) is 19.4 Å². The third kappa shape index (κ3) is 2.46.